The van der Waals surface area contributed by atoms with Gasteiger partial charge in [0.25, 0.3) is 0 Å². The minimum absolute atomic E-state index is 0.168. The highest BCUT2D eigenvalue weighted by Gasteiger charge is 2.18. The van der Waals surface area contributed by atoms with Gasteiger partial charge in [-0.05, 0) is 29.8 Å². The number of hydrogen-bond acceptors (Lipinski definition) is 6. The summed E-state index contributed by atoms with van der Waals surface area (Å²) in [6, 6.07) is 9.51. The third-order valence-electron chi connectivity index (χ3n) is 3.09. The lowest BCUT2D eigenvalue weighted by atomic mass is 10.1. The number of hydrogen-bond donors (Lipinski definition) is 2. The summed E-state index contributed by atoms with van der Waals surface area (Å²) in [7, 11) is 1.65. The zero-order chi connectivity index (χ0) is 15.5. The number of thioether (sulfide) groups is 1. The Hall–Kier alpha value is -2.18. The molecule has 7 heteroatoms. The number of methoxy groups -OCH3 is 1. The summed E-state index contributed by atoms with van der Waals surface area (Å²) in [5, 5.41) is 6.25. The van der Waals surface area contributed by atoms with E-state index < -0.39 is 0 Å². The number of nitrogens with one attached hydrogen (secondary N) is 1. The number of para-hydroxylation sites is 1. The molecule has 0 aliphatic carbocycles. The number of benzene rings is 1. The molecule has 5 nitrogen and oxygen atoms in total. The number of nitrogens with zero attached hydrogens (tertiary/aromatic N) is 2. The second kappa shape index (κ2) is 6.29. The van der Waals surface area contributed by atoms with E-state index in [9.17, 15) is 0 Å². The van der Waals surface area contributed by atoms with Gasteiger partial charge < -0.3 is 15.8 Å². The Balaban J connectivity index is 1.89. The molecule has 112 valence electrons. The molecule has 1 aromatic carbocycles. The summed E-state index contributed by atoms with van der Waals surface area (Å²) in [5.41, 5.74) is 9.18. The number of ether oxygens (including phenoxy) is 1. The second-order valence-electron chi connectivity index (χ2n) is 4.43. The van der Waals surface area contributed by atoms with E-state index >= 15 is 0 Å². The molecule has 0 amide bonds. The molecule has 0 radical (unpaired) electrons. The predicted octanol–water partition coefficient (Wildman–Crippen LogP) is 3.06. The van der Waals surface area contributed by atoms with E-state index in [-0.39, 0.29) is 5.28 Å². The summed E-state index contributed by atoms with van der Waals surface area (Å²) >= 11 is 7.30. The van der Waals surface area contributed by atoms with Crippen LogP contribution in [0.2, 0.25) is 5.28 Å². The molecule has 0 saturated carbocycles. The molecule has 0 unspecified atom stereocenters. The van der Waals surface area contributed by atoms with Gasteiger partial charge in [0.05, 0.1) is 24.2 Å². The highest BCUT2D eigenvalue weighted by Crippen LogP contribution is 2.36. The van der Waals surface area contributed by atoms with Crippen molar-refractivity contribution in [3.05, 3.63) is 63.5 Å². The van der Waals surface area contributed by atoms with Crippen molar-refractivity contribution in [3.63, 3.8) is 0 Å². The van der Waals surface area contributed by atoms with Gasteiger partial charge in [0.15, 0.2) is 0 Å². The Morgan fingerprint density at radius 2 is 2.14 bits per heavy atom. The molecule has 1 aliphatic heterocycles. The van der Waals surface area contributed by atoms with Crippen molar-refractivity contribution in [2.24, 2.45) is 5.73 Å². The maximum atomic E-state index is 6.16. The van der Waals surface area contributed by atoms with E-state index in [2.05, 4.69) is 15.3 Å². The van der Waals surface area contributed by atoms with Crippen molar-refractivity contribution < 1.29 is 4.74 Å². The summed E-state index contributed by atoms with van der Waals surface area (Å²) in [5.74, 6) is 0.798. The van der Waals surface area contributed by atoms with Gasteiger partial charge in [0.1, 0.15) is 10.8 Å². The van der Waals surface area contributed by atoms with Crippen molar-refractivity contribution >= 4 is 34.8 Å². The first kappa shape index (κ1) is 14.7. The van der Waals surface area contributed by atoms with Gasteiger partial charge in [-0.3, -0.25) is 0 Å². The van der Waals surface area contributed by atoms with Crippen LogP contribution in [-0.4, -0.2) is 17.1 Å². The quantitative estimate of drug-likeness (QED) is 0.842. The smallest absolute Gasteiger partial charge is 0.222 e. The zero-order valence-electron chi connectivity index (χ0n) is 11.7. The lowest BCUT2D eigenvalue weighted by molar-refractivity contribution is 0.413. The molecule has 3 rings (SSSR count). The fourth-order valence-electron chi connectivity index (χ4n) is 2.03. The largest absolute Gasteiger partial charge is 0.496 e. The van der Waals surface area contributed by atoms with E-state index in [0.29, 0.717) is 11.4 Å². The Morgan fingerprint density at radius 1 is 1.32 bits per heavy atom. The molecule has 0 fully saturated rings. The summed E-state index contributed by atoms with van der Waals surface area (Å²) in [4.78, 5) is 7.97. The van der Waals surface area contributed by atoms with Crippen LogP contribution in [0.4, 0.5) is 0 Å². The zero-order valence-corrected chi connectivity index (χ0v) is 13.3. The number of nitrogens with two attached hydrogens (primary N) is 1. The third-order valence-corrected chi connectivity index (χ3v) is 4.18. The highest BCUT2D eigenvalue weighted by molar-refractivity contribution is 8.06. The number of rotatable bonds is 3. The molecule has 22 heavy (non-hydrogen) atoms. The van der Waals surface area contributed by atoms with Gasteiger partial charge in [-0.25, -0.2) is 9.97 Å². The molecule has 0 spiro atoms. The van der Waals surface area contributed by atoms with Gasteiger partial charge >= 0.3 is 0 Å². The van der Waals surface area contributed by atoms with Crippen LogP contribution in [0.1, 0.15) is 11.3 Å². The third kappa shape index (κ3) is 2.88. The van der Waals surface area contributed by atoms with E-state index in [0.717, 1.165) is 22.0 Å². The first-order chi connectivity index (χ1) is 10.7. The van der Waals surface area contributed by atoms with E-state index in [1.807, 2.05) is 29.7 Å². The molecule has 0 saturated heterocycles. The molecule has 0 atom stereocenters. The molecular formula is C15H13ClN4OS. The Labute approximate surface area is 137 Å². The van der Waals surface area contributed by atoms with E-state index in [1.165, 1.54) is 11.8 Å². The number of halogens is 1. The average Bonchev–Trinajstić information content (AvgIpc) is 3.04. The first-order valence-electron chi connectivity index (χ1n) is 6.45. The van der Waals surface area contributed by atoms with Crippen LogP contribution in [0.5, 0.6) is 5.75 Å². The van der Waals surface area contributed by atoms with Gasteiger partial charge in [-0.2, -0.15) is 0 Å². The van der Waals surface area contributed by atoms with Gasteiger partial charge in [-0.1, -0.05) is 23.9 Å². The fraction of sp³-hybridized carbons (Fsp3) is 0.0667. The van der Waals surface area contributed by atoms with Crippen molar-refractivity contribution in [2.75, 3.05) is 7.11 Å². The van der Waals surface area contributed by atoms with Crippen LogP contribution in [0.3, 0.4) is 0 Å². The normalized spacial score (nSPS) is 16.0. The predicted molar refractivity (Wildman–Crippen MR) is 89.8 cm³/mol. The topological polar surface area (TPSA) is 73.1 Å². The first-order valence-corrected chi connectivity index (χ1v) is 7.70. The maximum absolute atomic E-state index is 6.16. The van der Waals surface area contributed by atoms with Gasteiger partial charge in [-0.15, -0.1) is 0 Å². The Bertz CT molecular complexity index is 776. The van der Waals surface area contributed by atoms with Crippen molar-refractivity contribution in [2.45, 2.75) is 0 Å². The fourth-order valence-corrected chi connectivity index (χ4v) is 3.00. The minimum Gasteiger partial charge on any atom is -0.496 e. The SMILES string of the molecule is COc1ccccc1C1=CS/C(=C(/N)c2ccnc(Cl)n2)N1. The van der Waals surface area contributed by atoms with Crippen LogP contribution >= 0.6 is 23.4 Å². The van der Waals surface area contributed by atoms with E-state index in [1.54, 1.807) is 19.4 Å². The van der Waals surface area contributed by atoms with Crippen LogP contribution < -0.4 is 15.8 Å². The summed E-state index contributed by atoms with van der Waals surface area (Å²) < 4.78 is 5.38. The summed E-state index contributed by atoms with van der Waals surface area (Å²) in [6.07, 6.45) is 1.58. The minimum atomic E-state index is 0.168. The monoisotopic (exact) mass is 332 g/mol. The molecule has 2 heterocycles. The second-order valence-corrected chi connectivity index (χ2v) is 5.65. The van der Waals surface area contributed by atoms with Crippen molar-refractivity contribution in [1.29, 1.82) is 0 Å². The Kier molecular flexibility index (Phi) is 4.22. The average molecular weight is 333 g/mol. The molecule has 3 N–H and O–H groups in total. The van der Waals surface area contributed by atoms with Crippen LogP contribution in [0, 0.1) is 0 Å². The van der Waals surface area contributed by atoms with E-state index in [4.69, 9.17) is 22.1 Å². The Morgan fingerprint density at radius 3 is 2.91 bits per heavy atom. The highest BCUT2D eigenvalue weighted by atomic mass is 35.5. The summed E-state index contributed by atoms with van der Waals surface area (Å²) in [6.45, 7) is 0. The van der Waals surface area contributed by atoms with Crippen LogP contribution in [0.25, 0.3) is 11.4 Å². The van der Waals surface area contributed by atoms with Crippen LogP contribution in [0.15, 0.2) is 47.0 Å². The molecule has 0 bridgehead atoms. The molecule has 1 aromatic heterocycles. The van der Waals surface area contributed by atoms with Crippen molar-refractivity contribution in [3.8, 4) is 5.75 Å². The lowest BCUT2D eigenvalue weighted by Crippen LogP contribution is -2.12. The maximum Gasteiger partial charge on any atom is 0.222 e. The van der Waals surface area contributed by atoms with Gasteiger partial charge in [0.2, 0.25) is 5.28 Å². The van der Waals surface area contributed by atoms with Crippen molar-refractivity contribution in [1.82, 2.24) is 15.3 Å². The number of aromatic nitrogens is 2. The standard InChI is InChI=1S/C15H13ClN4OS/c1-21-12-5-3-2-4-9(12)11-8-22-14(19-11)13(17)10-6-7-18-15(16)20-10/h2-8,19H,17H2,1H3/b14-13+. The molecule has 1 aliphatic rings. The molecule has 2 aromatic rings. The van der Waals surface area contributed by atoms with Crippen LogP contribution in [-0.2, 0) is 0 Å². The lowest BCUT2D eigenvalue weighted by Gasteiger charge is -2.11. The molecular weight excluding hydrogens is 320 g/mol. The van der Waals surface area contributed by atoms with Gasteiger partial charge in [0, 0.05) is 17.2 Å².